The number of hydrogen-bond acceptors (Lipinski definition) is 8. The maximum atomic E-state index is 13.6. The number of esters is 1. The number of nitrogens with one attached hydrogen (secondary N) is 1. The van der Waals surface area contributed by atoms with E-state index in [1.807, 2.05) is 58.0 Å². The van der Waals surface area contributed by atoms with Gasteiger partial charge in [0.15, 0.2) is 5.54 Å². The van der Waals surface area contributed by atoms with Gasteiger partial charge in [0.25, 0.3) is 0 Å². The molecule has 0 bridgehead atoms. The van der Waals surface area contributed by atoms with Gasteiger partial charge in [0, 0.05) is 23.9 Å². The Kier molecular flexibility index (Phi) is 10.2. The van der Waals surface area contributed by atoms with Crippen LogP contribution in [0.2, 0.25) is 6.32 Å². The molecule has 0 aromatic heterocycles. The molecule has 2 unspecified atom stereocenters. The van der Waals surface area contributed by atoms with Gasteiger partial charge in [0.05, 0.1) is 11.2 Å². The predicted octanol–water partition coefficient (Wildman–Crippen LogP) is 5.02. The number of alkyl carbamates (subject to hydrolysis) is 1. The molecule has 1 aromatic rings. The highest BCUT2D eigenvalue weighted by Crippen LogP contribution is 2.40. The third-order valence-electron chi connectivity index (χ3n) is 8.05. The maximum Gasteiger partial charge on any atom is 0.457 e. The lowest BCUT2D eigenvalue weighted by molar-refractivity contribution is -0.152. The Morgan fingerprint density at radius 3 is 2.36 bits per heavy atom. The first-order valence-electron chi connectivity index (χ1n) is 14.4. The molecule has 3 rings (SSSR count). The van der Waals surface area contributed by atoms with E-state index < -0.39 is 59.4 Å². The SMILES string of the molecule is CC(NC(=O)OC(C)(C)C)C(=O)N1C[C@H](CCCB2OC(C)(C)C(C)(C)O2)C(N=[N+]=[N-])(C(=O)OCc2ccccc2)C1. The van der Waals surface area contributed by atoms with Crippen LogP contribution in [0.3, 0.4) is 0 Å². The minimum absolute atomic E-state index is 0.00639. The second-order valence-corrected chi connectivity index (χ2v) is 13.1. The van der Waals surface area contributed by atoms with Crippen LogP contribution in [0.4, 0.5) is 4.79 Å². The van der Waals surface area contributed by atoms with Gasteiger partial charge in [-0.1, -0.05) is 41.9 Å². The minimum atomic E-state index is -1.64. The van der Waals surface area contributed by atoms with Gasteiger partial charge in [-0.3, -0.25) is 9.59 Å². The highest BCUT2D eigenvalue weighted by Gasteiger charge is 2.55. The molecule has 2 fully saturated rings. The van der Waals surface area contributed by atoms with E-state index in [9.17, 15) is 19.9 Å². The normalized spacial score (nSPS) is 23.6. The summed E-state index contributed by atoms with van der Waals surface area (Å²) in [7, 11) is -0.425. The molecule has 2 aliphatic heterocycles. The van der Waals surface area contributed by atoms with Crippen LogP contribution in [0.15, 0.2) is 35.4 Å². The summed E-state index contributed by atoms with van der Waals surface area (Å²) >= 11 is 0. The first-order valence-corrected chi connectivity index (χ1v) is 14.4. The second kappa shape index (κ2) is 12.9. The molecule has 2 aliphatic rings. The van der Waals surface area contributed by atoms with Crippen molar-refractivity contribution in [3.05, 3.63) is 46.3 Å². The zero-order valence-corrected chi connectivity index (χ0v) is 26.0. The summed E-state index contributed by atoms with van der Waals surface area (Å²) in [6.45, 7) is 14.6. The summed E-state index contributed by atoms with van der Waals surface area (Å²) < 4.78 is 23.2. The molecule has 42 heavy (non-hydrogen) atoms. The van der Waals surface area contributed by atoms with E-state index in [-0.39, 0.29) is 19.7 Å². The number of ether oxygens (including phenoxy) is 2. The Morgan fingerprint density at radius 2 is 1.79 bits per heavy atom. The summed E-state index contributed by atoms with van der Waals surface area (Å²) in [5, 5.41) is 6.54. The molecule has 13 heteroatoms. The number of carbonyl (C=O) groups excluding carboxylic acids is 3. The lowest BCUT2D eigenvalue weighted by Crippen LogP contribution is -2.49. The van der Waals surface area contributed by atoms with Gasteiger partial charge in [-0.2, -0.15) is 0 Å². The average molecular weight is 586 g/mol. The lowest BCUT2D eigenvalue weighted by Gasteiger charge is -2.32. The third kappa shape index (κ3) is 7.96. The van der Waals surface area contributed by atoms with Gasteiger partial charge in [0.1, 0.15) is 18.2 Å². The van der Waals surface area contributed by atoms with Crippen molar-refractivity contribution < 1.29 is 33.2 Å². The molecule has 0 saturated carbocycles. The van der Waals surface area contributed by atoms with Crippen molar-refractivity contribution in [1.82, 2.24) is 10.2 Å². The molecule has 0 radical (unpaired) electrons. The average Bonchev–Trinajstić information content (AvgIpc) is 3.34. The van der Waals surface area contributed by atoms with E-state index in [2.05, 4.69) is 15.3 Å². The fraction of sp³-hybridized carbons (Fsp3) is 0.690. The topological polar surface area (TPSA) is 152 Å². The van der Waals surface area contributed by atoms with Gasteiger partial charge in [-0.15, -0.1) is 0 Å². The monoisotopic (exact) mass is 585 g/mol. The highest BCUT2D eigenvalue weighted by atomic mass is 16.7. The van der Waals surface area contributed by atoms with Gasteiger partial charge in [-0.25, -0.2) is 4.79 Å². The van der Waals surface area contributed by atoms with E-state index >= 15 is 0 Å². The Morgan fingerprint density at radius 1 is 1.17 bits per heavy atom. The van der Waals surface area contributed by atoms with Crippen molar-refractivity contribution in [2.45, 2.75) is 110 Å². The Balaban J connectivity index is 1.77. The molecule has 0 spiro atoms. The van der Waals surface area contributed by atoms with Crippen molar-refractivity contribution in [1.29, 1.82) is 0 Å². The van der Waals surface area contributed by atoms with Crippen LogP contribution >= 0.6 is 0 Å². The lowest BCUT2D eigenvalue weighted by atomic mass is 9.78. The largest absolute Gasteiger partial charge is 0.460 e. The quantitative estimate of drug-likeness (QED) is 0.133. The zero-order chi connectivity index (χ0) is 31.3. The number of nitrogens with zero attached hydrogens (tertiary/aromatic N) is 4. The molecule has 2 heterocycles. The van der Waals surface area contributed by atoms with Crippen LogP contribution in [0.5, 0.6) is 0 Å². The summed E-state index contributed by atoms with van der Waals surface area (Å²) in [6.07, 6.45) is 0.856. The first kappa shape index (κ1) is 33.2. The number of carbonyl (C=O) groups is 3. The molecule has 12 nitrogen and oxygen atoms in total. The number of hydrogen-bond donors (Lipinski definition) is 1. The number of amides is 2. The van der Waals surface area contributed by atoms with Gasteiger partial charge in [-0.05, 0) is 79.2 Å². The number of azide groups is 1. The summed E-state index contributed by atoms with van der Waals surface area (Å²) in [5.41, 5.74) is 7.02. The maximum absolute atomic E-state index is 13.6. The highest BCUT2D eigenvalue weighted by molar-refractivity contribution is 6.45. The Labute approximate surface area is 248 Å². The molecular formula is C29H44BN5O7. The van der Waals surface area contributed by atoms with Crippen LogP contribution in [-0.4, -0.2) is 71.5 Å². The van der Waals surface area contributed by atoms with E-state index in [4.69, 9.17) is 18.8 Å². The standard InChI is InChI=1S/C29H44BN5O7/c1-20(32-25(38)40-26(2,3)4)23(36)35-17-22(15-12-16-30-41-27(5,6)28(7,8)42-30)29(19-35,33-34-31)24(37)39-18-21-13-10-9-11-14-21/h9-11,13-14,20,22H,12,15-19H2,1-8H3,(H,32,38)/t20?,22-,29?/m0/s1. The van der Waals surface area contributed by atoms with Gasteiger partial charge >= 0.3 is 19.2 Å². The minimum Gasteiger partial charge on any atom is -0.460 e. The number of likely N-dealkylation sites (tertiary alicyclic amines) is 1. The van der Waals surface area contributed by atoms with Crippen LogP contribution in [0, 0.1) is 5.92 Å². The summed E-state index contributed by atoms with van der Waals surface area (Å²) in [5.74, 6) is -1.66. The molecule has 2 saturated heterocycles. The fourth-order valence-electron chi connectivity index (χ4n) is 5.15. The molecule has 230 valence electrons. The van der Waals surface area contributed by atoms with Crippen molar-refractivity contribution in [3.8, 4) is 0 Å². The molecule has 1 aromatic carbocycles. The van der Waals surface area contributed by atoms with E-state index in [1.54, 1.807) is 27.7 Å². The van der Waals surface area contributed by atoms with Crippen molar-refractivity contribution in [2.75, 3.05) is 13.1 Å². The molecule has 3 atom stereocenters. The van der Waals surface area contributed by atoms with E-state index in [1.165, 1.54) is 4.90 Å². The van der Waals surface area contributed by atoms with Crippen molar-refractivity contribution in [3.63, 3.8) is 0 Å². The fourth-order valence-corrected chi connectivity index (χ4v) is 5.15. The van der Waals surface area contributed by atoms with Crippen LogP contribution in [0.25, 0.3) is 10.4 Å². The Hall–Kier alpha value is -3.28. The molecular weight excluding hydrogens is 541 g/mol. The predicted molar refractivity (Wildman–Crippen MR) is 157 cm³/mol. The van der Waals surface area contributed by atoms with Gasteiger partial charge < -0.3 is 29.0 Å². The smallest absolute Gasteiger partial charge is 0.457 e. The van der Waals surface area contributed by atoms with Crippen LogP contribution in [0.1, 0.15) is 73.8 Å². The van der Waals surface area contributed by atoms with E-state index in [0.717, 1.165) is 5.56 Å². The van der Waals surface area contributed by atoms with Crippen LogP contribution in [-0.2, 0) is 35.0 Å². The van der Waals surface area contributed by atoms with Gasteiger partial charge in [0.2, 0.25) is 5.91 Å². The third-order valence-corrected chi connectivity index (χ3v) is 8.05. The number of benzene rings is 1. The zero-order valence-electron chi connectivity index (χ0n) is 26.0. The Bertz CT molecular complexity index is 1170. The molecule has 1 N–H and O–H groups in total. The van der Waals surface area contributed by atoms with Crippen LogP contribution < -0.4 is 5.32 Å². The van der Waals surface area contributed by atoms with Crippen molar-refractivity contribution in [2.24, 2.45) is 11.0 Å². The first-order chi connectivity index (χ1) is 19.5. The molecule has 0 aliphatic carbocycles. The number of rotatable bonds is 10. The summed E-state index contributed by atoms with van der Waals surface area (Å²) in [6, 6.07) is 8.23. The van der Waals surface area contributed by atoms with Crippen molar-refractivity contribution >= 4 is 25.1 Å². The summed E-state index contributed by atoms with van der Waals surface area (Å²) in [4.78, 5) is 43.8. The second-order valence-electron chi connectivity index (χ2n) is 13.1. The van der Waals surface area contributed by atoms with E-state index in [0.29, 0.717) is 19.2 Å². The molecule has 2 amide bonds.